The van der Waals surface area contributed by atoms with E-state index in [0.29, 0.717) is 24.0 Å². The number of carboxylic acids is 1. The van der Waals surface area contributed by atoms with Crippen LogP contribution in [0.3, 0.4) is 0 Å². The molecule has 6 nitrogen and oxygen atoms in total. The summed E-state index contributed by atoms with van der Waals surface area (Å²) in [7, 11) is 3.03. The zero-order valence-corrected chi connectivity index (χ0v) is 11.1. The number of ether oxygens (including phenoxy) is 2. The predicted molar refractivity (Wildman–Crippen MR) is 67.5 cm³/mol. The Morgan fingerprint density at radius 3 is 2.32 bits per heavy atom. The molecule has 0 bridgehead atoms. The van der Waals surface area contributed by atoms with Crippen LogP contribution in [0.2, 0.25) is 0 Å². The lowest BCUT2D eigenvalue weighted by Crippen LogP contribution is -2.27. The molecular formula is C13H18N2O4. The van der Waals surface area contributed by atoms with Gasteiger partial charge in [-0.2, -0.15) is 9.97 Å². The number of methoxy groups -OCH3 is 2. The summed E-state index contributed by atoms with van der Waals surface area (Å²) in [5, 5.41) is 9.30. The molecule has 2 rings (SSSR count). The average molecular weight is 266 g/mol. The number of nitrogens with zero attached hydrogens (tertiary/aromatic N) is 2. The van der Waals surface area contributed by atoms with Crippen molar-refractivity contribution in [3.63, 3.8) is 0 Å². The van der Waals surface area contributed by atoms with Gasteiger partial charge in [0, 0.05) is 5.92 Å². The van der Waals surface area contributed by atoms with Gasteiger partial charge in [0.2, 0.25) is 11.8 Å². The molecule has 104 valence electrons. The van der Waals surface area contributed by atoms with Crippen LogP contribution in [0.25, 0.3) is 0 Å². The zero-order valence-electron chi connectivity index (χ0n) is 11.1. The van der Waals surface area contributed by atoms with E-state index in [1.165, 1.54) is 14.2 Å². The highest BCUT2D eigenvalue weighted by Gasteiger charge is 2.34. The Kier molecular flexibility index (Phi) is 4.19. The highest BCUT2D eigenvalue weighted by atomic mass is 16.5. The number of carboxylic acid groups (broad SMARTS) is 1. The van der Waals surface area contributed by atoms with Crippen molar-refractivity contribution in [2.24, 2.45) is 5.92 Å². The Labute approximate surface area is 111 Å². The van der Waals surface area contributed by atoms with Crippen molar-refractivity contribution in [2.45, 2.75) is 31.6 Å². The van der Waals surface area contributed by atoms with E-state index >= 15 is 0 Å². The maximum absolute atomic E-state index is 11.3. The first-order valence-corrected chi connectivity index (χ1v) is 6.35. The van der Waals surface area contributed by atoms with Crippen LogP contribution in [-0.4, -0.2) is 35.3 Å². The van der Waals surface area contributed by atoms with Crippen LogP contribution in [0.1, 0.15) is 37.4 Å². The molecular weight excluding hydrogens is 248 g/mol. The molecule has 0 aromatic carbocycles. The van der Waals surface area contributed by atoms with Crippen molar-refractivity contribution in [3.05, 3.63) is 11.9 Å². The fourth-order valence-corrected chi connectivity index (χ4v) is 2.53. The number of rotatable bonds is 4. The van der Waals surface area contributed by atoms with Gasteiger partial charge in [-0.05, 0) is 12.8 Å². The maximum atomic E-state index is 11.3. The van der Waals surface area contributed by atoms with E-state index in [0.717, 1.165) is 19.3 Å². The summed E-state index contributed by atoms with van der Waals surface area (Å²) < 4.78 is 10.2. The van der Waals surface area contributed by atoms with Gasteiger partial charge < -0.3 is 14.6 Å². The molecule has 0 saturated heterocycles. The second-order valence-electron chi connectivity index (χ2n) is 4.65. The van der Waals surface area contributed by atoms with Gasteiger partial charge in [0.1, 0.15) is 5.82 Å². The summed E-state index contributed by atoms with van der Waals surface area (Å²) in [6, 6.07) is 1.59. The third-order valence-electron chi connectivity index (χ3n) is 3.53. The Morgan fingerprint density at radius 1 is 1.21 bits per heavy atom. The lowest BCUT2D eigenvalue weighted by molar-refractivity contribution is -0.143. The van der Waals surface area contributed by atoms with Crippen LogP contribution in [0.4, 0.5) is 0 Å². The molecule has 1 N–H and O–H groups in total. The Bertz CT molecular complexity index is 442. The summed E-state index contributed by atoms with van der Waals surface area (Å²) in [5.74, 6) is -0.0766. The van der Waals surface area contributed by atoms with E-state index in [1.807, 2.05) is 0 Å². The molecule has 1 aromatic rings. The molecule has 0 radical (unpaired) electrons. The summed E-state index contributed by atoms with van der Waals surface area (Å²) in [4.78, 5) is 19.9. The number of hydrogen-bond donors (Lipinski definition) is 1. The standard InChI is InChI=1S/C13H18N2O4/c1-18-10-7-11(19-2)15-12(14-10)8-5-3-4-6-9(8)13(16)17/h7-9H,3-6H2,1-2H3,(H,16,17). The molecule has 1 fully saturated rings. The second-order valence-corrected chi connectivity index (χ2v) is 4.65. The van der Waals surface area contributed by atoms with E-state index in [4.69, 9.17) is 9.47 Å². The van der Waals surface area contributed by atoms with Gasteiger partial charge in [-0.3, -0.25) is 4.79 Å². The van der Waals surface area contributed by atoms with E-state index in [9.17, 15) is 9.90 Å². The average Bonchev–Trinajstić information content (AvgIpc) is 2.46. The van der Waals surface area contributed by atoms with Crippen molar-refractivity contribution in [3.8, 4) is 11.8 Å². The number of aromatic nitrogens is 2. The summed E-state index contributed by atoms with van der Waals surface area (Å²) in [5.41, 5.74) is 0. The van der Waals surface area contributed by atoms with Crippen LogP contribution in [0.5, 0.6) is 11.8 Å². The first kappa shape index (κ1) is 13.6. The molecule has 1 heterocycles. The molecule has 0 amide bonds. The minimum absolute atomic E-state index is 0.171. The van der Waals surface area contributed by atoms with Gasteiger partial charge in [0.15, 0.2) is 0 Å². The van der Waals surface area contributed by atoms with Crippen LogP contribution in [0.15, 0.2) is 6.07 Å². The van der Waals surface area contributed by atoms with Crippen molar-refractivity contribution in [1.82, 2.24) is 9.97 Å². The van der Waals surface area contributed by atoms with Crippen LogP contribution in [-0.2, 0) is 4.79 Å². The van der Waals surface area contributed by atoms with Gasteiger partial charge in [0.05, 0.1) is 26.2 Å². The van der Waals surface area contributed by atoms with Crippen LogP contribution < -0.4 is 9.47 Å². The number of carbonyl (C=O) groups is 1. The highest BCUT2D eigenvalue weighted by Crippen LogP contribution is 2.37. The molecule has 2 atom stereocenters. The lowest BCUT2D eigenvalue weighted by atomic mass is 9.79. The Balaban J connectivity index is 2.35. The zero-order chi connectivity index (χ0) is 13.8. The number of aliphatic carboxylic acids is 1. The normalized spacial score (nSPS) is 22.8. The number of hydrogen-bond acceptors (Lipinski definition) is 5. The maximum Gasteiger partial charge on any atom is 0.307 e. The van der Waals surface area contributed by atoms with Crippen molar-refractivity contribution < 1.29 is 19.4 Å². The van der Waals surface area contributed by atoms with E-state index in [2.05, 4.69) is 9.97 Å². The SMILES string of the molecule is COc1cc(OC)nc(C2CCCCC2C(=O)O)n1. The topological polar surface area (TPSA) is 81.5 Å². The van der Waals surface area contributed by atoms with Gasteiger partial charge in [-0.1, -0.05) is 12.8 Å². The monoisotopic (exact) mass is 266 g/mol. The summed E-state index contributed by atoms with van der Waals surface area (Å²) in [6.07, 6.45) is 3.39. The molecule has 1 saturated carbocycles. The second kappa shape index (κ2) is 5.86. The first-order valence-electron chi connectivity index (χ1n) is 6.35. The largest absolute Gasteiger partial charge is 0.481 e. The molecule has 2 unspecified atom stereocenters. The molecule has 0 aliphatic heterocycles. The van der Waals surface area contributed by atoms with Crippen LogP contribution >= 0.6 is 0 Å². The molecule has 6 heteroatoms. The van der Waals surface area contributed by atoms with Crippen LogP contribution in [0, 0.1) is 5.92 Å². The minimum Gasteiger partial charge on any atom is -0.481 e. The quantitative estimate of drug-likeness (QED) is 0.895. The Hall–Kier alpha value is -1.85. The summed E-state index contributed by atoms with van der Waals surface area (Å²) >= 11 is 0. The molecule has 1 aliphatic carbocycles. The molecule has 1 aromatic heterocycles. The fourth-order valence-electron chi connectivity index (χ4n) is 2.53. The van der Waals surface area contributed by atoms with Gasteiger partial charge in [-0.25, -0.2) is 0 Å². The molecule has 1 aliphatic rings. The van der Waals surface area contributed by atoms with E-state index in [1.54, 1.807) is 6.07 Å². The lowest BCUT2D eigenvalue weighted by Gasteiger charge is -2.27. The highest BCUT2D eigenvalue weighted by molar-refractivity contribution is 5.71. The molecule has 0 spiro atoms. The minimum atomic E-state index is -0.782. The Morgan fingerprint density at radius 2 is 1.79 bits per heavy atom. The van der Waals surface area contributed by atoms with Crippen molar-refractivity contribution in [1.29, 1.82) is 0 Å². The third-order valence-corrected chi connectivity index (χ3v) is 3.53. The predicted octanol–water partition coefficient (Wildman–Crippen LogP) is 1.85. The molecule has 19 heavy (non-hydrogen) atoms. The van der Waals surface area contributed by atoms with E-state index < -0.39 is 11.9 Å². The van der Waals surface area contributed by atoms with Crippen molar-refractivity contribution >= 4 is 5.97 Å². The van der Waals surface area contributed by atoms with Gasteiger partial charge in [-0.15, -0.1) is 0 Å². The smallest absolute Gasteiger partial charge is 0.307 e. The van der Waals surface area contributed by atoms with Gasteiger partial charge >= 0.3 is 5.97 Å². The third kappa shape index (κ3) is 2.94. The van der Waals surface area contributed by atoms with Gasteiger partial charge in [0.25, 0.3) is 0 Å². The fraction of sp³-hybridized carbons (Fsp3) is 0.615. The summed E-state index contributed by atoms with van der Waals surface area (Å²) in [6.45, 7) is 0. The first-order chi connectivity index (χ1) is 9.15. The van der Waals surface area contributed by atoms with E-state index in [-0.39, 0.29) is 5.92 Å². The van der Waals surface area contributed by atoms with Crippen molar-refractivity contribution in [2.75, 3.05) is 14.2 Å².